The van der Waals surface area contributed by atoms with E-state index in [1.54, 1.807) is 24.3 Å². The molecule has 2 rings (SSSR count). The van der Waals surface area contributed by atoms with Gasteiger partial charge in [-0.25, -0.2) is 4.79 Å². The first-order chi connectivity index (χ1) is 12.0. The van der Waals surface area contributed by atoms with Gasteiger partial charge in [-0.2, -0.15) is 0 Å². The summed E-state index contributed by atoms with van der Waals surface area (Å²) in [6.45, 7) is -1.07. The second-order valence-electron chi connectivity index (χ2n) is 4.73. The summed E-state index contributed by atoms with van der Waals surface area (Å²) < 4.78 is 9.81. The summed E-state index contributed by atoms with van der Waals surface area (Å²) in [4.78, 5) is 33.5. The van der Waals surface area contributed by atoms with Gasteiger partial charge in [0.2, 0.25) is 0 Å². The third-order valence-electron chi connectivity index (χ3n) is 2.90. The second kappa shape index (κ2) is 8.65. The second-order valence-corrected chi connectivity index (χ2v) is 5.17. The van der Waals surface area contributed by atoms with Crippen LogP contribution in [-0.2, 0) is 14.3 Å². The van der Waals surface area contributed by atoms with E-state index in [2.05, 4.69) is 5.32 Å². The molecule has 2 aromatic carbocycles. The zero-order valence-corrected chi connectivity index (χ0v) is 13.6. The molecule has 2 aromatic rings. The summed E-state index contributed by atoms with van der Waals surface area (Å²) in [5.74, 6) is -1.43. The normalized spacial score (nSPS) is 9.96. The van der Waals surface area contributed by atoms with Crippen LogP contribution in [0.15, 0.2) is 48.5 Å². The quantitative estimate of drug-likeness (QED) is 0.460. The maximum atomic E-state index is 11.7. The van der Waals surface area contributed by atoms with Crippen LogP contribution in [0.3, 0.4) is 0 Å². The van der Waals surface area contributed by atoms with Crippen molar-refractivity contribution < 1.29 is 24.0 Å². The molecule has 25 heavy (non-hydrogen) atoms. The van der Waals surface area contributed by atoms with E-state index in [1.807, 2.05) is 0 Å². The van der Waals surface area contributed by atoms with Crippen LogP contribution in [0.25, 0.3) is 0 Å². The highest BCUT2D eigenvalue weighted by Crippen LogP contribution is 2.25. The van der Waals surface area contributed by atoms with Crippen molar-refractivity contribution >= 4 is 34.9 Å². The van der Waals surface area contributed by atoms with Crippen LogP contribution in [0.5, 0.6) is 5.75 Å². The van der Waals surface area contributed by atoms with Gasteiger partial charge in [0.05, 0.1) is 4.92 Å². The highest BCUT2D eigenvalue weighted by Gasteiger charge is 2.16. The number of halogens is 1. The molecular weight excluding hydrogens is 352 g/mol. The molecule has 0 saturated carbocycles. The van der Waals surface area contributed by atoms with E-state index < -0.39 is 30.0 Å². The SMILES string of the molecule is O=C(COC(=O)COc1ccccc1[N+](=O)[O-])Nc1ccc(Cl)cc1. The number of nitro benzene ring substituents is 1. The first-order valence-corrected chi connectivity index (χ1v) is 7.41. The van der Waals surface area contributed by atoms with E-state index in [-0.39, 0.29) is 11.4 Å². The Labute approximate surface area is 147 Å². The number of rotatable bonds is 7. The molecule has 0 spiro atoms. The fraction of sp³-hybridized carbons (Fsp3) is 0.125. The van der Waals surface area contributed by atoms with Crippen molar-refractivity contribution in [3.63, 3.8) is 0 Å². The molecule has 0 aliphatic rings. The lowest BCUT2D eigenvalue weighted by Crippen LogP contribution is -2.23. The van der Waals surface area contributed by atoms with Gasteiger partial charge >= 0.3 is 11.7 Å². The van der Waals surface area contributed by atoms with Crippen molar-refractivity contribution in [2.24, 2.45) is 0 Å². The highest BCUT2D eigenvalue weighted by molar-refractivity contribution is 6.30. The monoisotopic (exact) mass is 364 g/mol. The summed E-state index contributed by atoms with van der Waals surface area (Å²) in [5.41, 5.74) is 0.234. The van der Waals surface area contributed by atoms with Gasteiger partial charge in [-0.1, -0.05) is 23.7 Å². The molecule has 9 heteroatoms. The number of nitrogens with one attached hydrogen (secondary N) is 1. The van der Waals surface area contributed by atoms with Crippen LogP contribution in [0, 0.1) is 10.1 Å². The lowest BCUT2D eigenvalue weighted by Gasteiger charge is -2.08. The Balaban J connectivity index is 1.78. The highest BCUT2D eigenvalue weighted by atomic mass is 35.5. The van der Waals surface area contributed by atoms with Crippen LogP contribution < -0.4 is 10.1 Å². The maximum Gasteiger partial charge on any atom is 0.344 e. The largest absolute Gasteiger partial charge is 0.475 e. The first-order valence-electron chi connectivity index (χ1n) is 7.03. The average molecular weight is 365 g/mol. The molecule has 1 amide bonds. The van der Waals surface area contributed by atoms with E-state index in [9.17, 15) is 19.7 Å². The number of carbonyl (C=O) groups excluding carboxylic acids is 2. The standard InChI is InChI=1S/C16H13ClN2O6/c17-11-5-7-12(8-6-11)18-15(20)9-25-16(21)10-24-14-4-2-1-3-13(14)19(22)23/h1-8H,9-10H2,(H,18,20). The Bertz CT molecular complexity index is 778. The maximum absolute atomic E-state index is 11.7. The summed E-state index contributed by atoms with van der Waals surface area (Å²) in [6.07, 6.45) is 0. The van der Waals surface area contributed by atoms with Crippen molar-refractivity contribution in [3.8, 4) is 5.75 Å². The zero-order chi connectivity index (χ0) is 18.2. The summed E-state index contributed by atoms with van der Waals surface area (Å²) in [5, 5.41) is 13.9. The van der Waals surface area contributed by atoms with Gasteiger partial charge in [-0.05, 0) is 30.3 Å². The minimum atomic E-state index is -0.829. The number of anilines is 1. The number of nitro groups is 1. The van der Waals surface area contributed by atoms with E-state index in [1.165, 1.54) is 24.3 Å². The molecule has 130 valence electrons. The van der Waals surface area contributed by atoms with E-state index in [0.29, 0.717) is 10.7 Å². The molecule has 0 aliphatic carbocycles. The van der Waals surface area contributed by atoms with Crippen LogP contribution in [0.2, 0.25) is 5.02 Å². The van der Waals surface area contributed by atoms with Gasteiger partial charge in [-0.15, -0.1) is 0 Å². The van der Waals surface area contributed by atoms with Crippen LogP contribution >= 0.6 is 11.6 Å². The third kappa shape index (κ3) is 5.78. The molecule has 0 radical (unpaired) electrons. The van der Waals surface area contributed by atoms with Crippen LogP contribution in [0.1, 0.15) is 0 Å². The molecule has 0 unspecified atom stereocenters. The number of amides is 1. The Kier molecular flexibility index (Phi) is 6.30. The van der Waals surface area contributed by atoms with Crippen molar-refractivity contribution in [1.82, 2.24) is 0 Å². The summed E-state index contributed by atoms with van der Waals surface area (Å²) in [6, 6.07) is 12.0. The number of ether oxygens (including phenoxy) is 2. The van der Waals surface area contributed by atoms with Crippen molar-refractivity contribution in [2.75, 3.05) is 18.5 Å². The molecule has 0 saturated heterocycles. The Morgan fingerprint density at radius 2 is 1.76 bits per heavy atom. The summed E-state index contributed by atoms with van der Waals surface area (Å²) in [7, 11) is 0. The zero-order valence-electron chi connectivity index (χ0n) is 12.8. The van der Waals surface area contributed by atoms with Gasteiger partial charge in [-0.3, -0.25) is 14.9 Å². The lowest BCUT2D eigenvalue weighted by molar-refractivity contribution is -0.385. The van der Waals surface area contributed by atoms with Gasteiger partial charge in [0.25, 0.3) is 5.91 Å². The lowest BCUT2D eigenvalue weighted by atomic mass is 10.3. The number of nitrogens with zero attached hydrogens (tertiary/aromatic N) is 1. The van der Waals surface area contributed by atoms with Gasteiger partial charge in [0.1, 0.15) is 0 Å². The van der Waals surface area contributed by atoms with Crippen LogP contribution in [-0.4, -0.2) is 30.0 Å². The minimum Gasteiger partial charge on any atom is -0.475 e. The number of benzene rings is 2. The third-order valence-corrected chi connectivity index (χ3v) is 3.15. The topological polar surface area (TPSA) is 108 Å². The molecule has 0 fully saturated rings. The van der Waals surface area contributed by atoms with E-state index in [4.69, 9.17) is 21.1 Å². The van der Waals surface area contributed by atoms with E-state index >= 15 is 0 Å². The van der Waals surface area contributed by atoms with Gasteiger partial charge in [0, 0.05) is 16.8 Å². The molecular formula is C16H13ClN2O6. The predicted octanol–water partition coefficient (Wildman–Crippen LogP) is 2.81. The molecule has 1 N–H and O–H groups in total. The van der Waals surface area contributed by atoms with Gasteiger partial charge in [0.15, 0.2) is 19.0 Å². The molecule has 0 aliphatic heterocycles. The van der Waals surface area contributed by atoms with Crippen molar-refractivity contribution in [3.05, 3.63) is 63.7 Å². The Morgan fingerprint density at radius 1 is 1.08 bits per heavy atom. The predicted molar refractivity (Wildman–Crippen MR) is 89.6 cm³/mol. The van der Waals surface area contributed by atoms with Crippen molar-refractivity contribution in [1.29, 1.82) is 0 Å². The van der Waals surface area contributed by atoms with Crippen LogP contribution in [0.4, 0.5) is 11.4 Å². The Hall–Kier alpha value is -3.13. The summed E-state index contributed by atoms with van der Waals surface area (Å²) >= 11 is 5.73. The molecule has 8 nitrogen and oxygen atoms in total. The first kappa shape index (κ1) is 18.2. The smallest absolute Gasteiger partial charge is 0.344 e. The average Bonchev–Trinajstić information content (AvgIpc) is 2.60. The minimum absolute atomic E-state index is 0.0601. The number of para-hydroxylation sites is 2. The number of carbonyl (C=O) groups is 2. The fourth-order valence-electron chi connectivity index (χ4n) is 1.78. The molecule has 0 heterocycles. The Morgan fingerprint density at radius 3 is 2.44 bits per heavy atom. The molecule has 0 bridgehead atoms. The number of hydrogen-bond donors (Lipinski definition) is 1. The molecule has 0 atom stereocenters. The number of esters is 1. The fourth-order valence-corrected chi connectivity index (χ4v) is 1.91. The van der Waals surface area contributed by atoms with Crippen molar-refractivity contribution in [2.45, 2.75) is 0 Å². The number of hydrogen-bond acceptors (Lipinski definition) is 6. The van der Waals surface area contributed by atoms with E-state index in [0.717, 1.165) is 0 Å². The molecule has 0 aromatic heterocycles. The van der Waals surface area contributed by atoms with Gasteiger partial charge < -0.3 is 14.8 Å².